The van der Waals surface area contributed by atoms with Crippen molar-refractivity contribution in [2.24, 2.45) is 0 Å². The van der Waals surface area contributed by atoms with E-state index in [1.807, 2.05) is 18.0 Å². The first-order valence-corrected chi connectivity index (χ1v) is 9.70. The Hall–Kier alpha value is -1.81. The van der Waals surface area contributed by atoms with Gasteiger partial charge in [-0.15, -0.1) is 0 Å². The number of anilines is 1. The third-order valence-electron chi connectivity index (χ3n) is 5.15. The number of alkyl halides is 2. The van der Waals surface area contributed by atoms with Gasteiger partial charge in [0.25, 0.3) is 5.92 Å². The summed E-state index contributed by atoms with van der Waals surface area (Å²) in [6.45, 7) is 0. The topological polar surface area (TPSA) is 91.0 Å². The molecule has 4 rings (SSSR count). The minimum absolute atomic E-state index is 0.142. The lowest BCUT2D eigenvalue weighted by atomic mass is 9.86. The van der Waals surface area contributed by atoms with Crippen molar-refractivity contribution >= 4 is 26.9 Å². The summed E-state index contributed by atoms with van der Waals surface area (Å²) in [5.41, 5.74) is 0.749. The molecular weight excluding hydrogens is 352 g/mol. The van der Waals surface area contributed by atoms with Crippen LogP contribution in [0.2, 0.25) is 0 Å². The summed E-state index contributed by atoms with van der Waals surface area (Å²) in [5.74, 6) is -2.05. The van der Waals surface area contributed by atoms with Gasteiger partial charge < -0.3 is 9.88 Å². The van der Waals surface area contributed by atoms with Crippen molar-refractivity contribution in [3.8, 4) is 0 Å². The van der Waals surface area contributed by atoms with Gasteiger partial charge in [0.2, 0.25) is 10.0 Å². The molecule has 2 saturated carbocycles. The van der Waals surface area contributed by atoms with E-state index in [0.717, 1.165) is 16.9 Å². The second-order valence-electron chi connectivity index (χ2n) is 6.92. The molecule has 2 aliphatic carbocycles. The number of nitrogens with zero attached hydrogens (tertiary/aromatic N) is 3. The molecule has 7 nitrogen and oxygen atoms in total. The van der Waals surface area contributed by atoms with Gasteiger partial charge in [-0.25, -0.2) is 31.9 Å². The first-order chi connectivity index (χ1) is 11.8. The predicted octanol–water partition coefficient (Wildman–Crippen LogP) is 1.64. The Morgan fingerprint density at radius 2 is 2.04 bits per heavy atom. The molecule has 25 heavy (non-hydrogen) atoms. The van der Waals surface area contributed by atoms with E-state index in [1.165, 1.54) is 6.33 Å². The van der Waals surface area contributed by atoms with Crippen molar-refractivity contribution in [3.63, 3.8) is 0 Å². The SMILES string of the molecule is CN(c1ncnc2[nH]ccc12)C1CC(NS(=O)(=O)C2CC(F)(F)C2)C1. The fourth-order valence-electron chi connectivity index (χ4n) is 3.47. The van der Waals surface area contributed by atoms with Crippen molar-refractivity contribution in [2.75, 3.05) is 11.9 Å². The maximum absolute atomic E-state index is 12.9. The Morgan fingerprint density at radius 1 is 1.32 bits per heavy atom. The van der Waals surface area contributed by atoms with Gasteiger partial charge >= 0.3 is 0 Å². The molecule has 0 unspecified atom stereocenters. The minimum atomic E-state index is -3.67. The summed E-state index contributed by atoms with van der Waals surface area (Å²) in [4.78, 5) is 13.5. The maximum atomic E-state index is 12.9. The van der Waals surface area contributed by atoms with Gasteiger partial charge in [0.1, 0.15) is 17.8 Å². The highest BCUT2D eigenvalue weighted by Crippen LogP contribution is 2.41. The minimum Gasteiger partial charge on any atom is -0.356 e. The van der Waals surface area contributed by atoms with E-state index in [9.17, 15) is 17.2 Å². The van der Waals surface area contributed by atoms with Crippen LogP contribution < -0.4 is 9.62 Å². The standard InChI is InChI=1S/C15H19F2N5O2S/c1-22(14-12-2-3-18-13(12)19-8-20-14)10-4-9(5-10)21-25(23,24)11-6-15(16,17)7-11/h2-3,8-11,21H,4-7H2,1H3,(H,18,19,20). The van der Waals surface area contributed by atoms with Gasteiger partial charge in [0.15, 0.2) is 0 Å². The number of H-pyrrole nitrogens is 1. The van der Waals surface area contributed by atoms with E-state index in [4.69, 9.17) is 0 Å². The van der Waals surface area contributed by atoms with E-state index in [-0.39, 0.29) is 12.1 Å². The molecule has 2 heterocycles. The van der Waals surface area contributed by atoms with Crippen LogP contribution in [-0.2, 0) is 10.0 Å². The summed E-state index contributed by atoms with van der Waals surface area (Å²) in [7, 11) is -1.76. The molecule has 0 aliphatic heterocycles. The molecule has 136 valence electrons. The van der Waals surface area contributed by atoms with Crippen LogP contribution >= 0.6 is 0 Å². The lowest BCUT2D eigenvalue weighted by Gasteiger charge is -2.43. The van der Waals surface area contributed by atoms with Gasteiger partial charge in [-0.05, 0) is 18.9 Å². The highest BCUT2D eigenvalue weighted by atomic mass is 32.2. The predicted molar refractivity (Wildman–Crippen MR) is 89.1 cm³/mol. The number of aromatic nitrogens is 3. The molecule has 0 atom stereocenters. The second-order valence-corrected chi connectivity index (χ2v) is 8.91. The number of aromatic amines is 1. The van der Waals surface area contributed by atoms with Crippen LogP contribution in [0.15, 0.2) is 18.6 Å². The van der Waals surface area contributed by atoms with E-state index in [2.05, 4.69) is 19.7 Å². The van der Waals surface area contributed by atoms with E-state index in [1.54, 1.807) is 6.20 Å². The average Bonchev–Trinajstić information content (AvgIpc) is 2.95. The summed E-state index contributed by atoms with van der Waals surface area (Å²) >= 11 is 0. The molecule has 0 amide bonds. The summed E-state index contributed by atoms with van der Waals surface area (Å²) < 4.78 is 52.6. The lowest BCUT2D eigenvalue weighted by Crippen LogP contribution is -2.57. The highest BCUT2D eigenvalue weighted by Gasteiger charge is 2.52. The van der Waals surface area contributed by atoms with Crippen LogP contribution in [0.5, 0.6) is 0 Å². The van der Waals surface area contributed by atoms with Crippen LogP contribution in [0.3, 0.4) is 0 Å². The van der Waals surface area contributed by atoms with E-state index >= 15 is 0 Å². The summed E-state index contributed by atoms with van der Waals surface area (Å²) in [6.07, 6.45) is 3.36. The zero-order valence-corrected chi connectivity index (χ0v) is 14.4. The number of sulfonamides is 1. The molecule has 0 spiro atoms. The fourth-order valence-corrected chi connectivity index (χ4v) is 5.24. The zero-order chi connectivity index (χ0) is 17.8. The molecule has 2 fully saturated rings. The van der Waals surface area contributed by atoms with Gasteiger partial charge in [-0.2, -0.15) is 0 Å². The molecule has 0 aromatic carbocycles. The van der Waals surface area contributed by atoms with Crippen LogP contribution in [0, 0.1) is 0 Å². The number of hydrogen-bond acceptors (Lipinski definition) is 5. The normalized spacial score (nSPS) is 26.2. The molecule has 0 saturated heterocycles. The largest absolute Gasteiger partial charge is 0.356 e. The molecular formula is C15H19F2N5O2S. The Bertz CT molecular complexity index is 886. The third-order valence-corrected chi connectivity index (χ3v) is 7.02. The first-order valence-electron chi connectivity index (χ1n) is 8.15. The van der Waals surface area contributed by atoms with Crippen LogP contribution in [-0.4, -0.2) is 53.7 Å². The number of halogens is 2. The van der Waals surface area contributed by atoms with Crippen LogP contribution in [0.25, 0.3) is 11.0 Å². The van der Waals surface area contributed by atoms with E-state index in [0.29, 0.717) is 12.8 Å². The Morgan fingerprint density at radius 3 is 2.72 bits per heavy atom. The molecule has 2 aromatic rings. The Kier molecular flexibility index (Phi) is 3.73. The van der Waals surface area contributed by atoms with Crippen LogP contribution in [0.4, 0.5) is 14.6 Å². The maximum Gasteiger partial charge on any atom is 0.250 e. The Labute approximate surface area is 143 Å². The zero-order valence-electron chi connectivity index (χ0n) is 13.6. The number of fused-ring (bicyclic) bond motifs is 1. The smallest absolute Gasteiger partial charge is 0.250 e. The number of hydrogen-bond donors (Lipinski definition) is 2. The molecule has 2 aromatic heterocycles. The van der Waals surface area contributed by atoms with Crippen molar-refractivity contribution < 1.29 is 17.2 Å². The van der Waals surface area contributed by atoms with Crippen molar-refractivity contribution in [1.29, 1.82) is 0 Å². The van der Waals surface area contributed by atoms with Crippen molar-refractivity contribution in [3.05, 3.63) is 18.6 Å². The molecule has 0 bridgehead atoms. The van der Waals surface area contributed by atoms with Crippen LogP contribution in [0.1, 0.15) is 25.7 Å². The fraction of sp³-hybridized carbons (Fsp3) is 0.600. The quantitative estimate of drug-likeness (QED) is 0.834. The van der Waals surface area contributed by atoms with E-state index < -0.39 is 34.0 Å². The second kappa shape index (κ2) is 5.60. The van der Waals surface area contributed by atoms with Gasteiger partial charge in [-0.3, -0.25) is 0 Å². The highest BCUT2D eigenvalue weighted by molar-refractivity contribution is 7.90. The lowest BCUT2D eigenvalue weighted by molar-refractivity contribution is -0.0689. The van der Waals surface area contributed by atoms with Crippen molar-refractivity contribution in [2.45, 2.75) is 48.9 Å². The van der Waals surface area contributed by atoms with Gasteiger partial charge in [0, 0.05) is 38.2 Å². The Balaban J connectivity index is 1.37. The molecule has 10 heteroatoms. The first kappa shape index (κ1) is 16.6. The van der Waals surface area contributed by atoms with Gasteiger partial charge in [0.05, 0.1) is 10.6 Å². The molecule has 0 radical (unpaired) electrons. The monoisotopic (exact) mass is 371 g/mol. The molecule has 2 N–H and O–H groups in total. The van der Waals surface area contributed by atoms with Crippen molar-refractivity contribution in [1.82, 2.24) is 19.7 Å². The third kappa shape index (κ3) is 2.97. The summed E-state index contributed by atoms with van der Waals surface area (Å²) in [5, 5.41) is -0.0636. The van der Waals surface area contributed by atoms with Gasteiger partial charge in [-0.1, -0.05) is 0 Å². The summed E-state index contributed by atoms with van der Waals surface area (Å²) in [6, 6.07) is 1.83. The number of rotatable bonds is 5. The molecule has 2 aliphatic rings. The number of nitrogens with one attached hydrogen (secondary N) is 2. The average molecular weight is 371 g/mol.